The Bertz CT molecular complexity index is 396. The van der Waals surface area contributed by atoms with Crippen LogP contribution in [-0.4, -0.2) is 32.3 Å². The van der Waals surface area contributed by atoms with E-state index in [1.165, 1.54) is 0 Å². The Morgan fingerprint density at radius 3 is 2.88 bits per heavy atom. The van der Waals surface area contributed by atoms with Crippen LogP contribution in [0.15, 0.2) is 12.1 Å². The third kappa shape index (κ3) is 5.28. The smallest absolute Gasteiger partial charge is 0.138 e. The van der Waals surface area contributed by atoms with E-state index < -0.39 is 10.8 Å². The molecule has 2 N–H and O–H groups in total. The molecule has 0 spiro atoms. The molecule has 5 heteroatoms. The van der Waals surface area contributed by atoms with Gasteiger partial charge in [-0.3, -0.25) is 9.19 Å². The predicted molar refractivity (Wildman–Crippen MR) is 70.5 cm³/mol. The summed E-state index contributed by atoms with van der Waals surface area (Å²) >= 11 is 0. The molecular weight excluding hydrogens is 236 g/mol. The Hall–Kier alpha value is -0.940. The molecule has 0 saturated heterocycles. The lowest BCUT2D eigenvalue weighted by Crippen LogP contribution is -2.27. The summed E-state index contributed by atoms with van der Waals surface area (Å²) in [6.07, 6.45) is 2.57. The fourth-order valence-electron chi connectivity index (χ4n) is 1.45. The number of rotatable bonds is 6. The number of nitrogens with one attached hydrogen (secondary N) is 1. The summed E-state index contributed by atoms with van der Waals surface area (Å²) in [6.45, 7) is 4.47. The molecule has 0 aromatic carbocycles. The maximum Gasteiger partial charge on any atom is 0.138 e. The van der Waals surface area contributed by atoms with Crippen LogP contribution in [0.1, 0.15) is 24.7 Å². The fourth-order valence-corrected chi connectivity index (χ4v) is 2.13. The van der Waals surface area contributed by atoms with Crippen LogP contribution in [0.3, 0.4) is 0 Å². The minimum absolute atomic E-state index is 0.217. The first-order valence-electron chi connectivity index (χ1n) is 5.68. The molecule has 1 rings (SSSR count). The van der Waals surface area contributed by atoms with Crippen molar-refractivity contribution in [1.29, 1.82) is 0 Å². The minimum Gasteiger partial charge on any atom is -0.506 e. The van der Waals surface area contributed by atoms with Gasteiger partial charge in [-0.05, 0) is 32.4 Å². The first-order chi connectivity index (χ1) is 7.99. The summed E-state index contributed by atoms with van der Waals surface area (Å²) in [5.74, 6) is 0.913. The second kappa shape index (κ2) is 6.71. The zero-order valence-electron chi connectivity index (χ0n) is 10.6. The number of hydrogen-bond acceptors (Lipinski definition) is 4. The molecule has 4 nitrogen and oxygen atoms in total. The Labute approximate surface area is 105 Å². The standard InChI is InChI=1S/C12H20N2O2S/c1-9(6-7-17(3)16)13-8-11-12(15)5-4-10(2)14-11/h4-5,9,13,15H,6-8H2,1-3H3. The van der Waals surface area contributed by atoms with Crippen molar-refractivity contribution in [3.63, 3.8) is 0 Å². The highest BCUT2D eigenvalue weighted by atomic mass is 32.2. The molecule has 0 aliphatic heterocycles. The molecule has 0 radical (unpaired) electrons. The topological polar surface area (TPSA) is 62.2 Å². The molecule has 1 aromatic heterocycles. The number of hydrogen-bond donors (Lipinski definition) is 2. The molecule has 96 valence electrons. The lowest BCUT2D eigenvalue weighted by Gasteiger charge is -2.13. The first kappa shape index (κ1) is 14.1. The van der Waals surface area contributed by atoms with Gasteiger partial charge in [-0.25, -0.2) is 0 Å². The van der Waals surface area contributed by atoms with Crippen LogP contribution < -0.4 is 5.32 Å². The zero-order chi connectivity index (χ0) is 12.8. The van der Waals surface area contributed by atoms with Gasteiger partial charge in [0.25, 0.3) is 0 Å². The quantitative estimate of drug-likeness (QED) is 0.806. The predicted octanol–water partition coefficient (Wildman–Crippen LogP) is 1.34. The van der Waals surface area contributed by atoms with Crippen LogP contribution in [0.2, 0.25) is 0 Å². The summed E-state index contributed by atoms with van der Waals surface area (Å²) in [4.78, 5) is 4.27. The normalized spacial score (nSPS) is 14.5. The lowest BCUT2D eigenvalue weighted by molar-refractivity contribution is 0.451. The van der Waals surface area contributed by atoms with Crippen molar-refractivity contribution >= 4 is 10.8 Å². The van der Waals surface area contributed by atoms with Gasteiger partial charge in [0.2, 0.25) is 0 Å². The molecule has 0 fully saturated rings. The first-order valence-corrected chi connectivity index (χ1v) is 7.40. The van der Waals surface area contributed by atoms with Gasteiger partial charge in [0.1, 0.15) is 5.75 Å². The van der Waals surface area contributed by atoms with E-state index in [4.69, 9.17) is 0 Å². The van der Waals surface area contributed by atoms with Crippen molar-refractivity contribution in [2.45, 2.75) is 32.9 Å². The second-order valence-electron chi connectivity index (χ2n) is 4.27. The number of nitrogens with zero attached hydrogens (tertiary/aromatic N) is 1. The monoisotopic (exact) mass is 256 g/mol. The van der Waals surface area contributed by atoms with Crippen molar-refractivity contribution in [3.8, 4) is 5.75 Å². The molecule has 0 aliphatic rings. The molecule has 0 bridgehead atoms. The molecule has 2 unspecified atom stereocenters. The van der Waals surface area contributed by atoms with Crippen LogP contribution >= 0.6 is 0 Å². The van der Waals surface area contributed by atoms with Crippen molar-refractivity contribution < 1.29 is 9.32 Å². The fraction of sp³-hybridized carbons (Fsp3) is 0.583. The van der Waals surface area contributed by atoms with Gasteiger partial charge in [0.15, 0.2) is 0 Å². The van der Waals surface area contributed by atoms with E-state index in [0.29, 0.717) is 18.0 Å². The summed E-state index contributed by atoms with van der Waals surface area (Å²) < 4.78 is 11.0. The van der Waals surface area contributed by atoms with Crippen molar-refractivity contribution in [2.75, 3.05) is 12.0 Å². The summed E-state index contributed by atoms with van der Waals surface area (Å²) in [5.41, 5.74) is 1.55. The molecular formula is C12H20N2O2S. The van der Waals surface area contributed by atoms with E-state index in [2.05, 4.69) is 10.3 Å². The highest BCUT2D eigenvalue weighted by Gasteiger charge is 2.06. The van der Waals surface area contributed by atoms with Gasteiger partial charge in [-0.1, -0.05) is 0 Å². The highest BCUT2D eigenvalue weighted by Crippen LogP contribution is 2.14. The third-order valence-electron chi connectivity index (χ3n) is 2.55. The molecule has 1 aromatic rings. The van der Waals surface area contributed by atoms with Crippen LogP contribution in [0.5, 0.6) is 5.75 Å². The van der Waals surface area contributed by atoms with Gasteiger partial charge in [0, 0.05) is 41.1 Å². The third-order valence-corrected chi connectivity index (χ3v) is 3.36. The van der Waals surface area contributed by atoms with E-state index in [0.717, 1.165) is 12.1 Å². The zero-order valence-corrected chi connectivity index (χ0v) is 11.4. The molecule has 17 heavy (non-hydrogen) atoms. The van der Waals surface area contributed by atoms with E-state index in [-0.39, 0.29) is 11.8 Å². The summed E-state index contributed by atoms with van der Waals surface area (Å²) in [7, 11) is -0.747. The SMILES string of the molecule is Cc1ccc(O)c(CNC(C)CCS(C)=O)n1. The van der Waals surface area contributed by atoms with Gasteiger partial charge in [-0.2, -0.15) is 0 Å². The number of aryl methyl sites for hydroxylation is 1. The molecule has 2 atom stereocenters. The van der Waals surface area contributed by atoms with E-state index >= 15 is 0 Å². The number of aromatic nitrogens is 1. The number of aromatic hydroxyl groups is 1. The van der Waals surface area contributed by atoms with Crippen molar-refractivity contribution in [2.24, 2.45) is 0 Å². The lowest BCUT2D eigenvalue weighted by atomic mass is 10.2. The van der Waals surface area contributed by atoms with Crippen molar-refractivity contribution in [1.82, 2.24) is 10.3 Å². The molecule has 0 saturated carbocycles. The molecule has 0 aliphatic carbocycles. The van der Waals surface area contributed by atoms with E-state index in [1.54, 1.807) is 18.4 Å². The largest absolute Gasteiger partial charge is 0.506 e. The Morgan fingerprint density at radius 1 is 1.53 bits per heavy atom. The summed E-state index contributed by atoms with van der Waals surface area (Å²) in [6, 6.07) is 3.70. The average Bonchev–Trinajstić information content (AvgIpc) is 2.27. The van der Waals surface area contributed by atoms with Gasteiger partial charge < -0.3 is 10.4 Å². The maximum atomic E-state index is 11.0. The van der Waals surface area contributed by atoms with Gasteiger partial charge >= 0.3 is 0 Å². The Kier molecular flexibility index (Phi) is 5.58. The Morgan fingerprint density at radius 2 is 2.24 bits per heavy atom. The Balaban J connectivity index is 2.44. The summed E-state index contributed by atoms with van der Waals surface area (Å²) in [5, 5.41) is 12.9. The van der Waals surface area contributed by atoms with Crippen molar-refractivity contribution in [3.05, 3.63) is 23.5 Å². The van der Waals surface area contributed by atoms with Crippen LogP contribution in [0, 0.1) is 6.92 Å². The number of pyridine rings is 1. The van der Waals surface area contributed by atoms with Crippen LogP contribution in [0.25, 0.3) is 0 Å². The van der Waals surface area contributed by atoms with Crippen LogP contribution in [-0.2, 0) is 17.3 Å². The van der Waals surface area contributed by atoms with E-state index in [1.807, 2.05) is 13.8 Å². The molecule has 1 heterocycles. The highest BCUT2D eigenvalue weighted by molar-refractivity contribution is 7.84. The maximum absolute atomic E-state index is 11.0. The average molecular weight is 256 g/mol. The van der Waals surface area contributed by atoms with Crippen LogP contribution in [0.4, 0.5) is 0 Å². The van der Waals surface area contributed by atoms with Gasteiger partial charge in [-0.15, -0.1) is 0 Å². The van der Waals surface area contributed by atoms with E-state index in [9.17, 15) is 9.32 Å². The minimum atomic E-state index is -0.747. The molecule has 0 amide bonds. The second-order valence-corrected chi connectivity index (χ2v) is 5.82. The van der Waals surface area contributed by atoms with Gasteiger partial charge in [0.05, 0.1) is 5.69 Å².